The topological polar surface area (TPSA) is 83.7 Å². The Labute approximate surface area is 161 Å². The van der Waals surface area contributed by atoms with E-state index in [-0.39, 0.29) is 29.8 Å². The first-order valence-corrected chi connectivity index (χ1v) is 9.96. The van der Waals surface area contributed by atoms with Gasteiger partial charge in [0.2, 0.25) is 15.9 Å². The van der Waals surface area contributed by atoms with Crippen molar-refractivity contribution in [3.05, 3.63) is 30.1 Å². The van der Waals surface area contributed by atoms with Gasteiger partial charge < -0.3 is 10.6 Å². The minimum Gasteiger partial charge on any atom is -0.340 e. The fourth-order valence-corrected chi connectivity index (χ4v) is 4.55. The van der Waals surface area contributed by atoms with Crippen molar-refractivity contribution in [2.75, 3.05) is 26.2 Å². The van der Waals surface area contributed by atoms with Crippen molar-refractivity contribution in [1.29, 1.82) is 0 Å². The fraction of sp³-hybridized carbons (Fsp3) is 0.588. The number of amides is 1. The summed E-state index contributed by atoms with van der Waals surface area (Å²) in [6.45, 7) is 4.99. The van der Waals surface area contributed by atoms with Gasteiger partial charge in [0.15, 0.2) is 0 Å². The van der Waals surface area contributed by atoms with Crippen LogP contribution in [0.4, 0.5) is 4.39 Å². The Morgan fingerprint density at radius 3 is 2.38 bits per heavy atom. The molecule has 1 amide bonds. The smallest absolute Gasteiger partial charge is 0.243 e. The lowest BCUT2D eigenvalue weighted by molar-refractivity contribution is -0.136. The van der Waals surface area contributed by atoms with E-state index >= 15 is 0 Å². The first-order chi connectivity index (χ1) is 11.7. The van der Waals surface area contributed by atoms with Gasteiger partial charge in [-0.2, -0.15) is 4.31 Å². The summed E-state index contributed by atoms with van der Waals surface area (Å²) in [6, 6.07) is 4.78. The number of sulfonamides is 1. The molecule has 1 aromatic carbocycles. The van der Waals surface area contributed by atoms with Crippen molar-refractivity contribution >= 4 is 28.3 Å². The molecule has 1 aromatic rings. The Kier molecular flexibility index (Phi) is 8.01. The molecule has 1 heterocycles. The number of halogens is 2. The molecule has 0 aliphatic carbocycles. The molecule has 1 saturated heterocycles. The second kappa shape index (κ2) is 9.12. The van der Waals surface area contributed by atoms with Crippen LogP contribution in [0.15, 0.2) is 29.2 Å². The van der Waals surface area contributed by atoms with E-state index in [1.807, 2.05) is 6.92 Å². The third-order valence-electron chi connectivity index (χ3n) is 4.45. The van der Waals surface area contributed by atoms with E-state index in [9.17, 15) is 17.6 Å². The SMILES string of the molecule is CCCC(C)(N)C(=O)N1CCCN(S(=O)(=O)c2ccc(F)cc2)CC1.Cl. The number of hydrogen-bond donors (Lipinski definition) is 1. The summed E-state index contributed by atoms with van der Waals surface area (Å²) in [6.07, 6.45) is 1.92. The Morgan fingerprint density at radius 2 is 1.81 bits per heavy atom. The molecule has 0 saturated carbocycles. The summed E-state index contributed by atoms with van der Waals surface area (Å²) < 4.78 is 39.8. The molecule has 0 radical (unpaired) electrons. The minimum absolute atomic E-state index is 0. The van der Waals surface area contributed by atoms with E-state index in [2.05, 4.69) is 0 Å². The minimum atomic E-state index is -3.70. The van der Waals surface area contributed by atoms with Crippen molar-refractivity contribution in [1.82, 2.24) is 9.21 Å². The van der Waals surface area contributed by atoms with Crippen LogP contribution in [-0.4, -0.2) is 55.2 Å². The second-order valence-electron chi connectivity index (χ2n) is 6.67. The van der Waals surface area contributed by atoms with Crippen LogP contribution in [0.1, 0.15) is 33.1 Å². The number of carbonyl (C=O) groups excluding carboxylic acids is 1. The van der Waals surface area contributed by atoms with Crippen molar-refractivity contribution in [2.24, 2.45) is 5.73 Å². The lowest BCUT2D eigenvalue weighted by Crippen LogP contribution is -2.54. The zero-order chi connectivity index (χ0) is 18.7. The number of nitrogens with zero attached hydrogens (tertiary/aromatic N) is 2. The molecule has 1 atom stereocenters. The van der Waals surface area contributed by atoms with Crippen molar-refractivity contribution in [2.45, 2.75) is 43.5 Å². The second-order valence-corrected chi connectivity index (χ2v) is 8.61. The normalized spacial score (nSPS) is 18.5. The predicted octanol–water partition coefficient (Wildman–Crippen LogP) is 1.99. The Balaban J connectivity index is 0.00000338. The van der Waals surface area contributed by atoms with Gasteiger partial charge >= 0.3 is 0 Å². The maximum atomic E-state index is 13.0. The molecule has 0 spiro atoms. The van der Waals surface area contributed by atoms with Crippen molar-refractivity contribution in [3.8, 4) is 0 Å². The maximum absolute atomic E-state index is 13.0. The first-order valence-electron chi connectivity index (χ1n) is 8.52. The van der Waals surface area contributed by atoms with Crippen molar-refractivity contribution in [3.63, 3.8) is 0 Å². The number of nitrogens with two attached hydrogens (primary N) is 1. The van der Waals surface area contributed by atoms with E-state index in [4.69, 9.17) is 5.73 Å². The summed E-state index contributed by atoms with van der Waals surface area (Å²) in [5.74, 6) is -0.625. The molecule has 9 heteroatoms. The third-order valence-corrected chi connectivity index (χ3v) is 6.36. The van der Waals surface area contributed by atoms with Gasteiger partial charge in [0, 0.05) is 26.2 Å². The highest BCUT2D eigenvalue weighted by atomic mass is 35.5. The average molecular weight is 408 g/mol. The lowest BCUT2D eigenvalue weighted by atomic mass is 9.95. The van der Waals surface area contributed by atoms with Crippen molar-refractivity contribution < 1.29 is 17.6 Å². The Morgan fingerprint density at radius 1 is 1.19 bits per heavy atom. The Hall–Kier alpha value is -1.22. The quantitative estimate of drug-likeness (QED) is 0.808. The van der Waals surface area contributed by atoms with Gasteiger partial charge in [-0.25, -0.2) is 12.8 Å². The molecule has 1 aliphatic heterocycles. The average Bonchev–Trinajstić information content (AvgIpc) is 2.81. The summed E-state index contributed by atoms with van der Waals surface area (Å²) in [4.78, 5) is 14.3. The highest BCUT2D eigenvalue weighted by molar-refractivity contribution is 7.89. The van der Waals surface area contributed by atoms with Gasteiger partial charge in [0.1, 0.15) is 5.82 Å². The molecule has 1 aliphatic rings. The lowest BCUT2D eigenvalue weighted by Gasteiger charge is -2.31. The molecule has 0 bridgehead atoms. The molecule has 2 N–H and O–H groups in total. The van der Waals surface area contributed by atoms with E-state index in [0.29, 0.717) is 32.5 Å². The largest absolute Gasteiger partial charge is 0.340 e. The molecule has 1 unspecified atom stereocenters. The molecule has 0 aromatic heterocycles. The van der Waals surface area contributed by atoms with Crippen LogP contribution in [0.5, 0.6) is 0 Å². The molecular formula is C17H27ClFN3O3S. The van der Waals surface area contributed by atoms with Gasteiger partial charge in [-0.05, 0) is 44.0 Å². The van der Waals surface area contributed by atoms with E-state index in [0.717, 1.165) is 18.6 Å². The summed E-state index contributed by atoms with van der Waals surface area (Å²) in [5.41, 5.74) is 5.19. The fourth-order valence-electron chi connectivity index (χ4n) is 3.08. The maximum Gasteiger partial charge on any atom is 0.243 e. The monoisotopic (exact) mass is 407 g/mol. The summed E-state index contributed by atoms with van der Waals surface area (Å²) >= 11 is 0. The van der Waals surface area contributed by atoms with Gasteiger partial charge in [-0.3, -0.25) is 4.79 Å². The van der Waals surface area contributed by atoms with Gasteiger partial charge in [-0.1, -0.05) is 13.3 Å². The number of hydrogen-bond acceptors (Lipinski definition) is 4. The molecule has 26 heavy (non-hydrogen) atoms. The molecular weight excluding hydrogens is 381 g/mol. The third kappa shape index (κ3) is 5.16. The van der Waals surface area contributed by atoms with Crippen LogP contribution in [-0.2, 0) is 14.8 Å². The van der Waals surface area contributed by atoms with Crippen LogP contribution in [0.2, 0.25) is 0 Å². The van der Waals surface area contributed by atoms with Gasteiger partial charge in [0.05, 0.1) is 10.4 Å². The van der Waals surface area contributed by atoms with E-state index < -0.39 is 21.4 Å². The zero-order valence-electron chi connectivity index (χ0n) is 15.2. The molecule has 148 valence electrons. The molecule has 2 rings (SSSR count). The molecule has 6 nitrogen and oxygen atoms in total. The predicted molar refractivity (Wildman–Crippen MR) is 101 cm³/mol. The number of rotatable bonds is 5. The van der Waals surface area contributed by atoms with Gasteiger partial charge in [0.25, 0.3) is 0 Å². The highest BCUT2D eigenvalue weighted by Crippen LogP contribution is 2.20. The number of carbonyl (C=O) groups is 1. The van der Waals surface area contributed by atoms with Crippen LogP contribution in [0.25, 0.3) is 0 Å². The van der Waals surface area contributed by atoms with Crippen LogP contribution >= 0.6 is 12.4 Å². The van der Waals surface area contributed by atoms with Gasteiger partial charge in [-0.15, -0.1) is 12.4 Å². The van der Waals surface area contributed by atoms with Crippen LogP contribution in [0.3, 0.4) is 0 Å². The number of benzene rings is 1. The van der Waals surface area contributed by atoms with E-state index in [1.54, 1.807) is 11.8 Å². The Bertz CT molecular complexity index is 710. The molecule has 1 fully saturated rings. The highest BCUT2D eigenvalue weighted by Gasteiger charge is 2.34. The van der Waals surface area contributed by atoms with Crippen LogP contribution in [0, 0.1) is 5.82 Å². The standard InChI is InChI=1S/C17H26FN3O3S.ClH/c1-3-9-17(2,19)16(22)20-10-4-11-21(13-12-20)25(23,24)15-7-5-14(18)6-8-15;/h5-8H,3-4,9-13,19H2,1-2H3;1H. The van der Waals surface area contributed by atoms with E-state index in [1.165, 1.54) is 16.4 Å². The van der Waals surface area contributed by atoms with Crippen LogP contribution < -0.4 is 5.73 Å². The summed E-state index contributed by atoms with van der Waals surface area (Å²) in [7, 11) is -3.70. The summed E-state index contributed by atoms with van der Waals surface area (Å²) in [5, 5.41) is 0. The first kappa shape index (κ1) is 22.8. The zero-order valence-corrected chi connectivity index (χ0v) is 16.8.